The number of anilines is 2. The number of rotatable bonds is 14. The number of ether oxygens (including phenoxy) is 1. The molecule has 2 saturated heterocycles. The van der Waals surface area contributed by atoms with Crippen molar-refractivity contribution >= 4 is 50.6 Å². The first-order valence-corrected chi connectivity index (χ1v) is 17.0. The van der Waals surface area contributed by atoms with Gasteiger partial charge < -0.3 is 15.4 Å². The minimum atomic E-state index is -0.347. The van der Waals surface area contributed by atoms with E-state index in [1.165, 1.54) is 16.9 Å². The number of nitrogens with zero attached hydrogens (tertiary/aromatic N) is 5. The maximum Gasteiger partial charge on any atom is 0.248 e. The van der Waals surface area contributed by atoms with Crippen LogP contribution in [0, 0.1) is 0 Å². The fourth-order valence-corrected chi connectivity index (χ4v) is 7.56. The van der Waals surface area contributed by atoms with Crippen LogP contribution in [0.15, 0.2) is 60.7 Å². The SMILES string of the molecule is O=C(Nc1nnc(CCSCCc2nnc(NC3OC3Cc3ccccc3)s2)s1)C(c1ccccc1)N1CCNCC1. The topological polar surface area (TPSA) is 120 Å². The molecule has 42 heavy (non-hydrogen) atoms. The molecule has 2 fully saturated rings. The summed E-state index contributed by atoms with van der Waals surface area (Å²) in [6, 6.07) is 20.0. The summed E-state index contributed by atoms with van der Waals surface area (Å²) in [5, 5.41) is 30.2. The average Bonchev–Trinajstić information content (AvgIpc) is 3.35. The molecule has 220 valence electrons. The Hall–Kier alpha value is -2.94. The summed E-state index contributed by atoms with van der Waals surface area (Å²) in [6.07, 6.45) is 2.76. The lowest BCUT2D eigenvalue weighted by Crippen LogP contribution is -2.48. The summed E-state index contributed by atoms with van der Waals surface area (Å²) < 4.78 is 5.76. The largest absolute Gasteiger partial charge is 0.347 e. The van der Waals surface area contributed by atoms with Gasteiger partial charge in [0, 0.05) is 45.4 Å². The van der Waals surface area contributed by atoms with E-state index in [1.54, 1.807) is 11.3 Å². The van der Waals surface area contributed by atoms with Crippen LogP contribution in [0.1, 0.15) is 27.2 Å². The second-order valence-electron chi connectivity index (χ2n) is 10.1. The van der Waals surface area contributed by atoms with Gasteiger partial charge in [0.2, 0.25) is 16.2 Å². The van der Waals surface area contributed by atoms with Gasteiger partial charge in [-0.1, -0.05) is 83.3 Å². The first-order valence-electron chi connectivity index (χ1n) is 14.2. The van der Waals surface area contributed by atoms with Gasteiger partial charge in [-0.2, -0.15) is 11.8 Å². The Kier molecular flexibility index (Phi) is 10.1. The van der Waals surface area contributed by atoms with Crippen molar-refractivity contribution in [1.82, 2.24) is 30.6 Å². The smallest absolute Gasteiger partial charge is 0.248 e. The minimum Gasteiger partial charge on any atom is -0.347 e. The number of epoxide rings is 1. The van der Waals surface area contributed by atoms with Crippen LogP contribution in [0.2, 0.25) is 0 Å². The van der Waals surface area contributed by atoms with E-state index < -0.39 is 0 Å². The highest BCUT2D eigenvalue weighted by atomic mass is 32.2. The molecule has 13 heteroatoms. The summed E-state index contributed by atoms with van der Waals surface area (Å²) in [5.74, 6) is 1.82. The molecule has 2 aliphatic rings. The molecule has 6 rings (SSSR count). The van der Waals surface area contributed by atoms with Gasteiger partial charge in [0.05, 0.1) is 0 Å². The predicted molar refractivity (Wildman–Crippen MR) is 169 cm³/mol. The number of benzene rings is 2. The number of thioether (sulfide) groups is 1. The van der Waals surface area contributed by atoms with Crippen molar-refractivity contribution in [3.05, 3.63) is 81.8 Å². The summed E-state index contributed by atoms with van der Waals surface area (Å²) in [6.45, 7) is 3.40. The molecule has 0 bridgehead atoms. The van der Waals surface area contributed by atoms with Crippen LogP contribution in [0.4, 0.5) is 10.3 Å². The molecule has 4 aromatic rings. The van der Waals surface area contributed by atoms with Crippen molar-refractivity contribution in [3.63, 3.8) is 0 Å². The predicted octanol–water partition coefficient (Wildman–Crippen LogP) is 3.87. The fraction of sp³-hybridized carbons (Fsp3) is 0.414. The van der Waals surface area contributed by atoms with Crippen molar-refractivity contribution in [3.8, 4) is 0 Å². The van der Waals surface area contributed by atoms with Crippen LogP contribution in [-0.4, -0.2) is 81.2 Å². The highest BCUT2D eigenvalue weighted by Crippen LogP contribution is 2.29. The molecule has 2 aromatic carbocycles. The molecule has 0 saturated carbocycles. The molecule has 1 amide bonds. The van der Waals surface area contributed by atoms with E-state index in [0.717, 1.165) is 77.7 Å². The van der Waals surface area contributed by atoms with E-state index >= 15 is 0 Å². The van der Waals surface area contributed by atoms with Crippen LogP contribution >= 0.6 is 34.4 Å². The number of carbonyl (C=O) groups is 1. The zero-order valence-electron chi connectivity index (χ0n) is 23.1. The van der Waals surface area contributed by atoms with E-state index in [4.69, 9.17) is 4.74 Å². The van der Waals surface area contributed by atoms with Gasteiger partial charge in [0.1, 0.15) is 22.2 Å². The van der Waals surface area contributed by atoms with Crippen molar-refractivity contribution < 1.29 is 9.53 Å². The second-order valence-corrected chi connectivity index (χ2v) is 13.5. The molecule has 3 unspecified atom stereocenters. The molecule has 10 nitrogen and oxygen atoms in total. The molecule has 3 atom stereocenters. The second kappa shape index (κ2) is 14.5. The van der Waals surface area contributed by atoms with Gasteiger partial charge in [-0.15, -0.1) is 20.4 Å². The van der Waals surface area contributed by atoms with Crippen molar-refractivity contribution in [2.45, 2.75) is 37.6 Å². The molecule has 3 N–H and O–H groups in total. The molecule has 0 radical (unpaired) electrons. The van der Waals surface area contributed by atoms with Gasteiger partial charge >= 0.3 is 0 Å². The maximum atomic E-state index is 13.4. The van der Waals surface area contributed by atoms with Crippen molar-refractivity contribution in [1.29, 1.82) is 0 Å². The van der Waals surface area contributed by atoms with Gasteiger partial charge in [-0.3, -0.25) is 15.0 Å². The van der Waals surface area contributed by atoms with Crippen LogP contribution < -0.4 is 16.0 Å². The third-order valence-corrected chi connectivity index (χ3v) is 9.89. The Balaban J connectivity index is 0.905. The quantitative estimate of drug-likeness (QED) is 0.141. The van der Waals surface area contributed by atoms with E-state index in [9.17, 15) is 4.79 Å². The number of aromatic nitrogens is 4. The summed E-state index contributed by atoms with van der Waals surface area (Å²) in [4.78, 5) is 15.6. The molecule has 2 aromatic heterocycles. The number of hydrogen-bond donors (Lipinski definition) is 3. The van der Waals surface area contributed by atoms with Crippen LogP contribution in [0.25, 0.3) is 0 Å². The molecule has 4 heterocycles. The minimum absolute atomic E-state index is 0.00764. The highest BCUT2D eigenvalue weighted by molar-refractivity contribution is 7.99. The number of amides is 1. The van der Waals surface area contributed by atoms with E-state index in [2.05, 4.69) is 65.5 Å². The van der Waals surface area contributed by atoms with Gasteiger partial charge in [-0.25, -0.2) is 0 Å². The third-order valence-electron chi connectivity index (χ3n) is 7.09. The number of nitrogens with one attached hydrogen (secondary N) is 3. The summed E-state index contributed by atoms with van der Waals surface area (Å²) in [5.41, 5.74) is 2.27. The average molecular weight is 623 g/mol. The normalized spacial score (nSPS) is 19.3. The van der Waals surface area contributed by atoms with E-state index in [-0.39, 0.29) is 24.3 Å². The first-order chi connectivity index (χ1) is 20.7. The van der Waals surface area contributed by atoms with Gasteiger partial charge in [-0.05, 0) is 22.6 Å². The Morgan fingerprint density at radius 3 is 2.29 bits per heavy atom. The van der Waals surface area contributed by atoms with Crippen LogP contribution in [-0.2, 0) is 28.8 Å². The zero-order valence-corrected chi connectivity index (χ0v) is 25.6. The number of aryl methyl sites for hydroxylation is 2. The Bertz CT molecular complexity index is 1410. The number of piperazine rings is 1. The lowest BCUT2D eigenvalue weighted by molar-refractivity contribution is -0.121. The summed E-state index contributed by atoms with van der Waals surface area (Å²) in [7, 11) is 0. The molecule has 0 aliphatic carbocycles. The third kappa shape index (κ3) is 8.12. The lowest BCUT2D eigenvalue weighted by atomic mass is 10.0. The van der Waals surface area contributed by atoms with Crippen molar-refractivity contribution in [2.24, 2.45) is 0 Å². The Morgan fingerprint density at radius 2 is 1.57 bits per heavy atom. The standard InChI is InChI=1S/C29H34N8O2S3/c38-26(25(21-9-5-2-6-10-21)37-15-13-30-14-16-37)31-28-35-33-23(41-28)11-17-40-18-12-24-34-36-29(42-24)32-27-22(39-27)19-20-7-3-1-4-8-20/h1-10,22,25,27,30H,11-19H2,(H,32,36)(H,31,35,38). The maximum absolute atomic E-state index is 13.4. The Morgan fingerprint density at radius 1 is 0.929 bits per heavy atom. The summed E-state index contributed by atoms with van der Waals surface area (Å²) >= 11 is 4.90. The first kappa shape index (κ1) is 29.1. The van der Waals surface area contributed by atoms with Gasteiger partial charge in [0.25, 0.3) is 0 Å². The zero-order chi connectivity index (χ0) is 28.6. The Labute approximate surface area is 257 Å². The lowest BCUT2D eigenvalue weighted by Gasteiger charge is -2.34. The molecular weight excluding hydrogens is 589 g/mol. The van der Waals surface area contributed by atoms with E-state index in [1.807, 2.05) is 48.2 Å². The highest BCUT2D eigenvalue weighted by Gasteiger charge is 2.39. The van der Waals surface area contributed by atoms with E-state index in [0.29, 0.717) is 5.13 Å². The van der Waals surface area contributed by atoms with Gasteiger partial charge in [0.15, 0.2) is 6.23 Å². The monoisotopic (exact) mass is 622 g/mol. The number of hydrogen-bond acceptors (Lipinski definition) is 12. The fourth-order valence-electron chi connectivity index (χ4n) is 4.91. The van der Waals surface area contributed by atoms with Crippen molar-refractivity contribution in [2.75, 3.05) is 48.3 Å². The number of carbonyl (C=O) groups excluding carboxylic acids is 1. The molecule has 2 aliphatic heterocycles. The molecule has 0 spiro atoms. The van der Waals surface area contributed by atoms with Crippen LogP contribution in [0.3, 0.4) is 0 Å². The van der Waals surface area contributed by atoms with Crippen LogP contribution in [0.5, 0.6) is 0 Å². The molecular formula is C29H34N8O2S3.